The molecule has 1 unspecified atom stereocenters. The van der Waals surface area contributed by atoms with Crippen molar-refractivity contribution in [3.05, 3.63) is 35.4 Å². The van der Waals surface area contributed by atoms with Crippen molar-refractivity contribution in [1.29, 1.82) is 0 Å². The summed E-state index contributed by atoms with van der Waals surface area (Å²) in [7, 11) is 0. The summed E-state index contributed by atoms with van der Waals surface area (Å²) in [5.41, 5.74) is 2.85. The number of ether oxygens (including phenoxy) is 1. The van der Waals surface area contributed by atoms with Crippen molar-refractivity contribution >= 4 is 11.8 Å². The molecule has 1 heterocycles. The normalized spacial score (nSPS) is 24.5. The highest BCUT2D eigenvalue weighted by Gasteiger charge is 2.31. The Hall–Kier alpha value is -0.510. The fourth-order valence-corrected chi connectivity index (χ4v) is 4.67. The Bertz CT molecular complexity index is 456. The van der Waals surface area contributed by atoms with Gasteiger partial charge in [0.25, 0.3) is 0 Å². The maximum atomic E-state index is 5.99. The molecular weight excluding hydrogens is 278 g/mol. The topological polar surface area (TPSA) is 21.3 Å². The first-order valence-electron chi connectivity index (χ1n) is 8.28. The summed E-state index contributed by atoms with van der Waals surface area (Å²) in [6.07, 6.45) is 10.5. The average molecular weight is 305 g/mol. The van der Waals surface area contributed by atoms with Crippen molar-refractivity contribution in [3.63, 3.8) is 0 Å². The highest BCUT2D eigenvalue weighted by molar-refractivity contribution is 8.00. The van der Waals surface area contributed by atoms with Gasteiger partial charge in [0.05, 0.1) is 12.7 Å². The lowest BCUT2D eigenvalue weighted by Gasteiger charge is -2.36. The standard InChI is InChI=1S/C18H27NOS/c1-21-18(10-5-2-6-11-18)14-19-13-17-16-8-4-3-7-15(16)9-12-20-17/h3-4,7-8,17,19H,2,5-6,9-14H2,1H3. The zero-order chi connectivity index (χ0) is 14.5. The lowest BCUT2D eigenvalue weighted by Crippen LogP contribution is -2.41. The van der Waals surface area contributed by atoms with Crippen molar-refractivity contribution in [2.45, 2.75) is 49.4 Å². The first-order chi connectivity index (χ1) is 10.3. The number of hydrogen-bond donors (Lipinski definition) is 1. The molecule has 1 N–H and O–H groups in total. The minimum atomic E-state index is 0.234. The first-order valence-corrected chi connectivity index (χ1v) is 9.51. The van der Waals surface area contributed by atoms with E-state index in [4.69, 9.17) is 4.74 Å². The summed E-state index contributed by atoms with van der Waals surface area (Å²) < 4.78 is 6.46. The quantitative estimate of drug-likeness (QED) is 0.890. The Labute approximate surface area is 133 Å². The molecule has 3 heteroatoms. The summed E-state index contributed by atoms with van der Waals surface area (Å²) in [6.45, 7) is 2.92. The van der Waals surface area contributed by atoms with Crippen LogP contribution < -0.4 is 5.32 Å². The van der Waals surface area contributed by atoms with Crippen LogP contribution in [0, 0.1) is 0 Å². The number of thioether (sulfide) groups is 1. The maximum Gasteiger partial charge on any atom is 0.0952 e. The van der Waals surface area contributed by atoms with Gasteiger partial charge in [0.2, 0.25) is 0 Å². The number of fused-ring (bicyclic) bond motifs is 1. The predicted molar refractivity (Wildman–Crippen MR) is 91.0 cm³/mol. The molecule has 1 aromatic rings. The fraction of sp³-hybridized carbons (Fsp3) is 0.667. The molecule has 1 fully saturated rings. The number of nitrogens with one attached hydrogen (secondary N) is 1. The summed E-state index contributed by atoms with van der Waals surface area (Å²) in [4.78, 5) is 0. The van der Waals surface area contributed by atoms with Gasteiger partial charge in [0, 0.05) is 17.8 Å². The smallest absolute Gasteiger partial charge is 0.0952 e. The van der Waals surface area contributed by atoms with Crippen LogP contribution in [-0.2, 0) is 11.2 Å². The van der Waals surface area contributed by atoms with Crippen LogP contribution >= 0.6 is 11.8 Å². The van der Waals surface area contributed by atoms with Gasteiger partial charge in [-0.25, -0.2) is 0 Å². The van der Waals surface area contributed by atoms with Crippen LogP contribution in [0.5, 0.6) is 0 Å². The van der Waals surface area contributed by atoms with E-state index < -0.39 is 0 Å². The van der Waals surface area contributed by atoms with Gasteiger partial charge < -0.3 is 10.1 Å². The molecule has 0 amide bonds. The van der Waals surface area contributed by atoms with Crippen LogP contribution in [0.3, 0.4) is 0 Å². The van der Waals surface area contributed by atoms with E-state index in [0.29, 0.717) is 4.75 Å². The molecule has 0 aromatic heterocycles. The summed E-state index contributed by atoms with van der Waals surface area (Å²) in [5.74, 6) is 0. The van der Waals surface area contributed by atoms with Crippen LogP contribution in [0.15, 0.2) is 24.3 Å². The SMILES string of the molecule is CSC1(CNCC2OCCc3ccccc32)CCCCC1. The molecular formula is C18H27NOS. The molecule has 2 nitrogen and oxygen atoms in total. The molecule has 2 aliphatic rings. The van der Waals surface area contributed by atoms with E-state index >= 15 is 0 Å². The zero-order valence-electron chi connectivity index (χ0n) is 13.1. The van der Waals surface area contributed by atoms with Gasteiger partial charge >= 0.3 is 0 Å². The molecule has 1 aliphatic carbocycles. The van der Waals surface area contributed by atoms with Gasteiger partial charge in [-0.3, -0.25) is 0 Å². The van der Waals surface area contributed by atoms with E-state index in [-0.39, 0.29) is 6.10 Å². The Kier molecular flexibility index (Phi) is 5.25. The van der Waals surface area contributed by atoms with E-state index in [2.05, 4.69) is 47.6 Å². The molecule has 0 saturated heterocycles. The predicted octanol–water partition coefficient (Wildman–Crippen LogP) is 3.96. The summed E-state index contributed by atoms with van der Waals surface area (Å²) >= 11 is 2.06. The lowest BCUT2D eigenvalue weighted by molar-refractivity contribution is 0.0420. The van der Waals surface area contributed by atoms with Crippen LogP contribution in [0.1, 0.15) is 49.3 Å². The molecule has 0 spiro atoms. The molecule has 1 aliphatic heterocycles. The first kappa shape index (κ1) is 15.4. The molecule has 0 radical (unpaired) electrons. The Morgan fingerprint density at radius 3 is 2.86 bits per heavy atom. The van der Waals surface area contributed by atoms with Gasteiger partial charge in [-0.1, -0.05) is 43.5 Å². The molecule has 1 aromatic carbocycles. The van der Waals surface area contributed by atoms with E-state index in [1.54, 1.807) is 0 Å². The van der Waals surface area contributed by atoms with E-state index in [9.17, 15) is 0 Å². The monoisotopic (exact) mass is 305 g/mol. The second kappa shape index (κ2) is 7.17. The van der Waals surface area contributed by atoms with E-state index in [0.717, 1.165) is 26.1 Å². The van der Waals surface area contributed by atoms with Crippen molar-refractivity contribution < 1.29 is 4.74 Å². The number of benzene rings is 1. The van der Waals surface area contributed by atoms with Crippen molar-refractivity contribution in [2.24, 2.45) is 0 Å². The van der Waals surface area contributed by atoms with Crippen molar-refractivity contribution in [2.75, 3.05) is 26.0 Å². The third kappa shape index (κ3) is 3.64. The van der Waals surface area contributed by atoms with Crippen LogP contribution in [0.25, 0.3) is 0 Å². The summed E-state index contributed by atoms with van der Waals surface area (Å²) in [6, 6.07) is 8.74. The molecule has 1 atom stereocenters. The van der Waals surface area contributed by atoms with Crippen molar-refractivity contribution in [1.82, 2.24) is 5.32 Å². The second-order valence-corrected chi connectivity index (χ2v) is 7.66. The summed E-state index contributed by atoms with van der Waals surface area (Å²) in [5, 5.41) is 3.71. The van der Waals surface area contributed by atoms with Gasteiger partial charge in [-0.15, -0.1) is 0 Å². The van der Waals surface area contributed by atoms with Crippen molar-refractivity contribution in [3.8, 4) is 0 Å². The van der Waals surface area contributed by atoms with Gasteiger partial charge in [0.1, 0.15) is 0 Å². The Morgan fingerprint density at radius 2 is 2.05 bits per heavy atom. The third-order valence-corrected chi connectivity index (χ3v) is 6.49. The third-order valence-electron chi connectivity index (χ3n) is 5.07. The largest absolute Gasteiger partial charge is 0.372 e. The highest BCUT2D eigenvalue weighted by Crippen LogP contribution is 2.38. The maximum absolute atomic E-state index is 5.99. The Morgan fingerprint density at radius 1 is 1.24 bits per heavy atom. The molecule has 3 rings (SSSR count). The van der Waals surface area contributed by atoms with Crippen LogP contribution in [0.4, 0.5) is 0 Å². The molecule has 116 valence electrons. The highest BCUT2D eigenvalue weighted by atomic mass is 32.2. The van der Waals surface area contributed by atoms with E-state index in [1.807, 2.05) is 0 Å². The zero-order valence-corrected chi connectivity index (χ0v) is 13.9. The van der Waals surface area contributed by atoms with E-state index in [1.165, 1.54) is 43.2 Å². The van der Waals surface area contributed by atoms with Gasteiger partial charge in [-0.2, -0.15) is 11.8 Å². The Balaban J connectivity index is 1.56. The van der Waals surface area contributed by atoms with Gasteiger partial charge in [-0.05, 0) is 36.6 Å². The molecule has 0 bridgehead atoms. The van der Waals surface area contributed by atoms with Crippen LogP contribution in [-0.4, -0.2) is 30.7 Å². The van der Waals surface area contributed by atoms with Crippen LogP contribution in [0.2, 0.25) is 0 Å². The van der Waals surface area contributed by atoms with Gasteiger partial charge in [0.15, 0.2) is 0 Å². The molecule has 1 saturated carbocycles. The number of hydrogen-bond acceptors (Lipinski definition) is 3. The lowest BCUT2D eigenvalue weighted by atomic mass is 9.88. The molecule has 21 heavy (non-hydrogen) atoms. The fourth-order valence-electron chi connectivity index (χ4n) is 3.73. The average Bonchev–Trinajstić information content (AvgIpc) is 2.56. The second-order valence-electron chi connectivity index (χ2n) is 6.39. The number of rotatable bonds is 5. The minimum absolute atomic E-state index is 0.234. The minimum Gasteiger partial charge on any atom is -0.372 e.